The molecule has 0 aliphatic rings. The fourth-order valence-corrected chi connectivity index (χ4v) is 2.64. The molecule has 3 rings (SSSR count). The van der Waals surface area contributed by atoms with Crippen molar-refractivity contribution in [3.05, 3.63) is 59.4 Å². The van der Waals surface area contributed by atoms with Crippen molar-refractivity contribution < 1.29 is 9.53 Å². The first-order valence-electron chi connectivity index (χ1n) is 6.62. The molecule has 0 aliphatic heterocycles. The molecule has 3 aromatic rings. The Labute approximate surface area is 131 Å². The molecule has 0 aromatic carbocycles. The summed E-state index contributed by atoms with van der Waals surface area (Å²) in [5, 5.41) is 7.81. The molecule has 3 aromatic heterocycles. The SMILES string of the molecule is COc1ccc(C(=O)Nc2ccn(Cc3ccncc3)n2)s1. The van der Waals surface area contributed by atoms with Gasteiger partial charge in [-0.05, 0) is 29.8 Å². The van der Waals surface area contributed by atoms with Crippen molar-refractivity contribution in [3.63, 3.8) is 0 Å². The molecule has 6 nitrogen and oxygen atoms in total. The summed E-state index contributed by atoms with van der Waals surface area (Å²) in [4.78, 5) is 16.7. The summed E-state index contributed by atoms with van der Waals surface area (Å²) in [6.45, 7) is 0.630. The van der Waals surface area contributed by atoms with Gasteiger partial charge < -0.3 is 10.1 Å². The average molecular weight is 314 g/mol. The lowest BCUT2D eigenvalue weighted by Crippen LogP contribution is -2.11. The van der Waals surface area contributed by atoms with E-state index in [-0.39, 0.29) is 5.91 Å². The van der Waals surface area contributed by atoms with Crippen LogP contribution in [-0.4, -0.2) is 27.8 Å². The van der Waals surface area contributed by atoms with Gasteiger partial charge in [-0.15, -0.1) is 0 Å². The third-order valence-electron chi connectivity index (χ3n) is 2.98. The van der Waals surface area contributed by atoms with Crippen LogP contribution >= 0.6 is 11.3 Å². The number of carbonyl (C=O) groups excluding carboxylic acids is 1. The monoisotopic (exact) mass is 314 g/mol. The predicted octanol–water partition coefficient (Wildman–Crippen LogP) is 2.65. The lowest BCUT2D eigenvalue weighted by atomic mass is 10.3. The van der Waals surface area contributed by atoms with Gasteiger partial charge in [-0.25, -0.2) is 0 Å². The van der Waals surface area contributed by atoms with Gasteiger partial charge in [0.1, 0.15) is 0 Å². The summed E-state index contributed by atoms with van der Waals surface area (Å²) in [6.07, 6.45) is 5.31. The molecule has 1 amide bonds. The van der Waals surface area contributed by atoms with Crippen molar-refractivity contribution in [2.24, 2.45) is 0 Å². The maximum atomic E-state index is 12.1. The van der Waals surface area contributed by atoms with Gasteiger partial charge in [-0.2, -0.15) is 5.10 Å². The fraction of sp³-hybridized carbons (Fsp3) is 0.133. The Morgan fingerprint density at radius 2 is 2.09 bits per heavy atom. The molecule has 0 fully saturated rings. The Hall–Kier alpha value is -2.67. The number of nitrogens with zero attached hydrogens (tertiary/aromatic N) is 3. The summed E-state index contributed by atoms with van der Waals surface area (Å²) >= 11 is 1.29. The number of rotatable bonds is 5. The molecular formula is C15H14N4O2S. The molecule has 112 valence electrons. The first kappa shape index (κ1) is 14.3. The first-order valence-corrected chi connectivity index (χ1v) is 7.44. The Bertz CT molecular complexity index is 767. The van der Waals surface area contributed by atoms with Crippen LogP contribution in [0.2, 0.25) is 0 Å². The number of methoxy groups -OCH3 is 1. The van der Waals surface area contributed by atoms with E-state index in [0.29, 0.717) is 22.3 Å². The highest BCUT2D eigenvalue weighted by Crippen LogP contribution is 2.24. The normalized spacial score (nSPS) is 10.4. The fourth-order valence-electron chi connectivity index (χ4n) is 1.92. The molecule has 22 heavy (non-hydrogen) atoms. The van der Waals surface area contributed by atoms with Crippen LogP contribution in [0.5, 0.6) is 5.06 Å². The summed E-state index contributed by atoms with van der Waals surface area (Å²) in [7, 11) is 1.58. The van der Waals surface area contributed by atoms with E-state index in [1.54, 1.807) is 42.4 Å². The smallest absolute Gasteiger partial charge is 0.267 e. The van der Waals surface area contributed by atoms with Crippen LogP contribution in [0.3, 0.4) is 0 Å². The number of amides is 1. The molecule has 3 heterocycles. The minimum Gasteiger partial charge on any atom is -0.487 e. The second-order valence-electron chi connectivity index (χ2n) is 4.53. The Kier molecular flexibility index (Phi) is 4.15. The topological polar surface area (TPSA) is 69.0 Å². The van der Waals surface area contributed by atoms with Crippen LogP contribution in [0.25, 0.3) is 0 Å². The zero-order valence-electron chi connectivity index (χ0n) is 11.9. The first-order chi connectivity index (χ1) is 10.7. The van der Waals surface area contributed by atoms with Gasteiger partial charge in [0, 0.05) is 24.7 Å². The Morgan fingerprint density at radius 1 is 1.27 bits per heavy atom. The molecular weight excluding hydrogens is 300 g/mol. The highest BCUT2D eigenvalue weighted by Gasteiger charge is 2.11. The van der Waals surface area contributed by atoms with Gasteiger partial charge >= 0.3 is 0 Å². The van der Waals surface area contributed by atoms with Gasteiger partial charge in [-0.1, -0.05) is 11.3 Å². The number of nitrogens with one attached hydrogen (secondary N) is 1. The molecule has 0 saturated heterocycles. The van der Waals surface area contributed by atoms with E-state index in [2.05, 4.69) is 15.4 Å². The second-order valence-corrected chi connectivity index (χ2v) is 5.58. The van der Waals surface area contributed by atoms with Crippen LogP contribution < -0.4 is 10.1 Å². The van der Waals surface area contributed by atoms with Gasteiger partial charge in [0.15, 0.2) is 10.9 Å². The maximum Gasteiger partial charge on any atom is 0.267 e. The van der Waals surface area contributed by atoms with Crippen LogP contribution in [-0.2, 0) is 6.54 Å². The molecule has 1 N–H and O–H groups in total. The number of hydrogen-bond acceptors (Lipinski definition) is 5. The van der Waals surface area contributed by atoms with Gasteiger partial charge in [0.25, 0.3) is 5.91 Å². The zero-order valence-corrected chi connectivity index (χ0v) is 12.7. The van der Waals surface area contributed by atoms with E-state index < -0.39 is 0 Å². The van der Waals surface area contributed by atoms with E-state index in [0.717, 1.165) is 5.56 Å². The molecule has 0 unspecified atom stereocenters. The van der Waals surface area contributed by atoms with Crippen molar-refractivity contribution in [1.82, 2.24) is 14.8 Å². The minimum absolute atomic E-state index is 0.192. The Balaban J connectivity index is 1.65. The molecule has 0 atom stereocenters. The van der Waals surface area contributed by atoms with Crippen molar-refractivity contribution in [2.45, 2.75) is 6.54 Å². The number of anilines is 1. The van der Waals surface area contributed by atoms with E-state index in [1.165, 1.54) is 11.3 Å². The van der Waals surface area contributed by atoms with E-state index in [1.807, 2.05) is 18.3 Å². The summed E-state index contributed by atoms with van der Waals surface area (Å²) < 4.78 is 6.84. The number of aromatic nitrogens is 3. The van der Waals surface area contributed by atoms with E-state index in [4.69, 9.17) is 4.74 Å². The van der Waals surface area contributed by atoms with Gasteiger partial charge in [-0.3, -0.25) is 14.5 Å². The zero-order chi connectivity index (χ0) is 15.4. The highest BCUT2D eigenvalue weighted by atomic mass is 32.1. The number of carbonyl (C=O) groups is 1. The van der Waals surface area contributed by atoms with Gasteiger partial charge in [0.05, 0.1) is 18.5 Å². The summed E-state index contributed by atoms with van der Waals surface area (Å²) in [5.41, 5.74) is 1.10. The third-order valence-corrected chi connectivity index (χ3v) is 4.03. The quantitative estimate of drug-likeness (QED) is 0.786. The molecule has 0 saturated carbocycles. The number of thiophene rings is 1. The third kappa shape index (κ3) is 3.32. The number of pyridine rings is 1. The molecule has 7 heteroatoms. The van der Waals surface area contributed by atoms with E-state index >= 15 is 0 Å². The van der Waals surface area contributed by atoms with Gasteiger partial charge in [0.2, 0.25) is 0 Å². The molecule has 0 spiro atoms. The average Bonchev–Trinajstić information content (AvgIpc) is 3.17. The number of hydrogen-bond donors (Lipinski definition) is 1. The second kappa shape index (κ2) is 6.40. The van der Waals surface area contributed by atoms with Crippen LogP contribution in [0.1, 0.15) is 15.2 Å². The van der Waals surface area contributed by atoms with Crippen LogP contribution in [0, 0.1) is 0 Å². The Morgan fingerprint density at radius 3 is 2.82 bits per heavy atom. The van der Waals surface area contributed by atoms with Crippen molar-refractivity contribution >= 4 is 23.1 Å². The molecule has 0 bridgehead atoms. The standard InChI is InChI=1S/C15H14N4O2S/c1-21-14-3-2-12(22-14)15(20)17-13-6-9-19(18-13)10-11-4-7-16-8-5-11/h2-9H,10H2,1H3,(H,17,18,20). The van der Waals surface area contributed by atoms with E-state index in [9.17, 15) is 4.79 Å². The van der Waals surface area contributed by atoms with Crippen LogP contribution in [0.4, 0.5) is 5.82 Å². The molecule has 0 aliphatic carbocycles. The lowest BCUT2D eigenvalue weighted by molar-refractivity contribution is 0.103. The summed E-state index contributed by atoms with van der Waals surface area (Å²) in [5.74, 6) is 0.328. The molecule has 0 radical (unpaired) electrons. The van der Waals surface area contributed by atoms with Crippen molar-refractivity contribution in [1.29, 1.82) is 0 Å². The predicted molar refractivity (Wildman–Crippen MR) is 84.4 cm³/mol. The largest absolute Gasteiger partial charge is 0.487 e. The van der Waals surface area contributed by atoms with Crippen LogP contribution in [0.15, 0.2) is 48.9 Å². The summed E-state index contributed by atoms with van der Waals surface area (Å²) in [6, 6.07) is 9.12. The minimum atomic E-state index is -0.192. The van der Waals surface area contributed by atoms with Crippen molar-refractivity contribution in [3.8, 4) is 5.06 Å². The lowest BCUT2D eigenvalue weighted by Gasteiger charge is -2.01. The highest BCUT2D eigenvalue weighted by molar-refractivity contribution is 7.15. The maximum absolute atomic E-state index is 12.1. The van der Waals surface area contributed by atoms with Crippen molar-refractivity contribution in [2.75, 3.05) is 12.4 Å². The number of ether oxygens (including phenoxy) is 1.